The summed E-state index contributed by atoms with van der Waals surface area (Å²) in [5.74, 6) is -1.02. The first kappa shape index (κ1) is 16.5. The average Bonchev–Trinajstić information content (AvgIpc) is 2.38. The first-order valence-corrected chi connectivity index (χ1v) is 7.28. The van der Waals surface area contributed by atoms with E-state index < -0.39 is 18.0 Å². The Kier molecular flexibility index (Phi) is 6.51. The molecule has 0 saturated carbocycles. The van der Waals surface area contributed by atoms with Gasteiger partial charge in [0.2, 0.25) is 0 Å². The highest BCUT2D eigenvalue weighted by Gasteiger charge is 2.19. The maximum atomic E-state index is 11.8. The summed E-state index contributed by atoms with van der Waals surface area (Å²) in [5.41, 5.74) is 0.950. The second kappa shape index (κ2) is 7.89. The molecule has 2 atom stereocenters. The number of carbonyl (C=O) groups is 2. The van der Waals surface area contributed by atoms with Crippen molar-refractivity contribution in [2.24, 2.45) is 0 Å². The van der Waals surface area contributed by atoms with Crippen molar-refractivity contribution < 1.29 is 14.7 Å². The molecule has 1 aromatic rings. The lowest BCUT2D eigenvalue weighted by atomic mass is 10.1. The third kappa shape index (κ3) is 5.21. The molecular weight excluding hydrogens is 324 g/mol. The maximum Gasteiger partial charge on any atom is 0.326 e. The monoisotopic (exact) mass is 342 g/mol. The van der Waals surface area contributed by atoms with Crippen LogP contribution in [0.1, 0.15) is 38.3 Å². The highest BCUT2D eigenvalue weighted by molar-refractivity contribution is 9.10. The standard InChI is InChI=1S/C14H19BrN2O3/c1-3-4-12(13(18)19)17-14(20)16-9(2)10-5-7-11(15)8-6-10/h5-9,12H,3-4H2,1-2H3,(H,18,19)(H2,16,17,20)/t9?,12-/m0/s1. The van der Waals surface area contributed by atoms with Gasteiger partial charge in [-0.05, 0) is 31.0 Å². The number of rotatable bonds is 6. The van der Waals surface area contributed by atoms with E-state index in [9.17, 15) is 9.59 Å². The molecule has 0 aliphatic carbocycles. The zero-order valence-electron chi connectivity index (χ0n) is 11.5. The van der Waals surface area contributed by atoms with Crippen LogP contribution in [-0.2, 0) is 4.79 Å². The first-order chi connectivity index (χ1) is 9.43. The van der Waals surface area contributed by atoms with Gasteiger partial charge in [0.1, 0.15) is 6.04 Å². The van der Waals surface area contributed by atoms with Crippen LogP contribution in [0.4, 0.5) is 4.79 Å². The summed E-state index contributed by atoms with van der Waals surface area (Å²) < 4.78 is 0.965. The quantitative estimate of drug-likeness (QED) is 0.743. The Morgan fingerprint density at radius 3 is 2.35 bits per heavy atom. The molecule has 20 heavy (non-hydrogen) atoms. The summed E-state index contributed by atoms with van der Waals surface area (Å²) in [7, 11) is 0. The van der Waals surface area contributed by atoms with Crippen molar-refractivity contribution in [3.63, 3.8) is 0 Å². The van der Waals surface area contributed by atoms with E-state index in [2.05, 4.69) is 26.6 Å². The van der Waals surface area contributed by atoms with Crippen molar-refractivity contribution >= 4 is 27.9 Å². The summed E-state index contributed by atoms with van der Waals surface area (Å²) >= 11 is 3.35. The van der Waals surface area contributed by atoms with Crippen molar-refractivity contribution in [3.05, 3.63) is 34.3 Å². The van der Waals surface area contributed by atoms with E-state index in [1.807, 2.05) is 38.1 Å². The van der Waals surface area contributed by atoms with Gasteiger partial charge in [-0.1, -0.05) is 41.4 Å². The summed E-state index contributed by atoms with van der Waals surface area (Å²) in [4.78, 5) is 22.8. The molecule has 5 nitrogen and oxygen atoms in total. The third-order valence-electron chi connectivity index (χ3n) is 2.90. The van der Waals surface area contributed by atoms with Gasteiger partial charge >= 0.3 is 12.0 Å². The van der Waals surface area contributed by atoms with Crippen molar-refractivity contribution in [3.8, 4) is 0 Å². The minimum Gasteiger partial charge on any atom is -0.480 e. The van der Waals surface area contributed by atoms with Crippen molar-refractivity contribution in [1.29, 1.82) is 0 Å². The molecule has 1 aromatic carbocycles. The Hall–Kier alpha value is -1.56. The number of amides is 2. The molecule has 0 aliphatic rings. The van der Waals surface area contributed by atoms with E-state index in [1.54, 1.807) is 0 Å². The summed E-state index contributed by atoms with van der Waals surface area (Å²) in [6, 6.07) is 6.06. The summed E-state index contributed by atoms with van der Waals surface area (Å²) in [6.07, 6.45) is 1.11. The maximum absolute atomic E-state index is 11.8. The van der Waals surface area contributed by atoms with Crippen LogP contribution in [-0.4, -0.2) is 23.1 Å². The lowest BCUT2D eigenvalue weighted by molar-refractivity contribution is -0.139. The molecule has 0 radical (unpaired) electrons. The van der Waals surface area contributed by atoms with Crippen LogP contribution in [0.2, 0.25) is 0 Å². The Morgan fingerprint density at radius 2 is 1.85 bits per heavy atom. The number of carboxylic acid groups (broad SMARTS) is 1. The molecule has 0 fully saturated rings. The number of hydrogen-bond donors (Lipinski definition) is 3. The molecule has 1 rings (SSSR count). The normalized spacial score (nSPS) is 13.3. The molecule has 2 amide bonds. The molecule has 3 N–H and O–H groups in total. The number of benzene rings is 1. The van der Waals surface area contributed by atoms with Crippen LogP contribution in [0.5, 0.6) is 0 Å². The van der Waals surface area contributed by atoms with Crippen LogP contribution in [0.15, 0.2) is 28.7 Å². The number of nitrogens with one attached hydrogen (secondary N) is 2. The third-order valence-corrected chi connectivity index (χ3v) is 3.43. The Morgan fingerprint density at radius 1 is 1.25 bits per heavy atom. The topological polar surface area (TPSA) is 78.4 Å². The van der Waals surface area contributed by atoms with Crippen LogP contribution in [0.25, 0.3) is 0 Å². The second-order valence-electron chi connectivity index (χ2n) is 4.57. The molecule has 0 saturated heterocycles. The van der Waals surface area contributed by atoms with E-state index in [0.717, 1.165) is 10.0 Å². The predicted octanol–water partition coefficient (Wildman–Crippen LogP) is 3.06. The zero-order chi connectivity index (χ0) is 15.1. The van der Waals surface area contributed by atoms with Crippen LogP contribution in [0, 0.1) is 0 Å². The Bertz CT molecular complexity index is 462. The fourth-order valence-electron chi connectivity index (χ4n) is 1.78. The van der Waals surface area contributed by atoms with E-state index in [0.29, 0.717) is 12.8 Å². The number of hydrogen-bond acceptors (Lipinski definition) is 2. The first-order valence-electron chi connectivity index (χ1n) is 6.49. The van der Waals surface area contributed by atoms with E-state index in [4.69, 9.17) is 5.11 Å². The second-order valence-corrected chi connectivity index (χ2v) is 5.49. The number of halogens is 1. The minimum atomic E-state index is -1.02. The highest BCUT2D eigenvalue weighted by atomic mass is 79.9. The van der Waals surface area contributed by atoms with Gasteiger partial charge in [-0.25, -0.2) is 9.59 Å². The van der Waals surface area contributed by atoms with Gasteiger partial charge in [0, 0.05) is 4.47 Å². The largest absolute Gasteiger partial charge is 0.480 e. The average molecular weight is 343 g/mol. The number of carboxylic acids is 1. The lowest BCUT2D eigenvalue weighted by Gasteiger charge is -2.18. The van der Waals surface area contributed by atoms with Gasteiger partial charge in [0.05, 0.1) is 6.04 Å². The number of aliphatic carboxylic acids is 1. The van der Waals surface area contributed by atoms with Crippen molar-refractivity contribution in [2.75, 3.05) is 0 Å². The highest BCUT2D eigenvalue weighted by Crippen LogP contribution is 2.16. The summed E-state index contributed by atoms with van der Waals surface area (Å²) in [6.45, 7) is 3.72. The van der Waals surface area contributed by atoms with Gasteiger partial charge in [0.25, 0.3) is 0 Å². The predicted molar refractivity (Wildman–Crippen MR) is 80.6 cm³/mol. The fourth-order valence-corrected chi connectivity index (χ4v) is 2.04. The summed E-state index contributed by atoms with van der Waals surface area (Å²) in [5, 5.41) is 14.2. The van der Waals surface area contributed by atoms with E-state index >= 15 is 0 Å². The zero-order valence-corrected chi connectivity index (χ0v) is 13.1. The SMILES string of the molecule is CCC[C@H](NC(=O)NC(C)c1ccc(Br)cc1)C(=O)O. The molecule has 6 heteroatoms. The van der Waals surface area contributed by atoms with Gasteiger partial charge in [-0.2, -0.15) is 0 Å². The number of carbonyl (C=O) groups excluding carboxylic acids is 1. The van der Waals surface area contributed by atoms with Crippen LogP contribution in [0.3, 0.4) is 0 Å². The van der Waals surface area contributed by atoms with Gasteiger partial charge < -0.3 is 15.7 Å². The van der Waals surface area contributed by atoms with Gasteiger partial charge in [-0.15, -0.1) is 0 Å². The Labute approximate surface area is 126 Å². The molecule has 0 aliphatic heterocycles. The van der Waals surface area contributed by atoms with Gasteiger partial charge in [0.15, 0.2) is 0 Å². The molecule has 0 aromatic heterocycles. The van der Waals surface area contributed by atoms with Crippen molar-refractivity contribution in [1.82, 2.24) is 10.6 Å². The molecule has 1 unspecified atom stereocenters. The number of urea groups is 1. The molecule has 110 valence electrons. The van der Waals surface area contributed by atoms with Crippen LogP contribution < -0.4 is 10.6 Å². The molecule has 0 bridgehead atoms. The minimum absolute atomic E-state index is 0.195. The van der Waals surface area contributed by atoms with E-state index in [-0.39, 0.29) is 6.04 Å². The van der Waals surface area contributed by atoms with E-state index in [1.165, 1.54) is 0 Å². The Balaban J connectivity index is 2.56. The van der Waals surface area contributed by atoms with Crippen molar-refractivity contribution in [2.45, 2.75) is 38.8 Å². The van der Waals surface area contributed by atoms with Gasteiger partial charge in [-0.3, -0.25) is 0 Å². The molecule has 0 heterocycles. The molecule has 0 spiro atoms. The fraction of sp³-hybridized carbons (Fsp3) is 0.429. The van der Waals surface area contributed by atoms with Crippen LogP contribution >= 0.6 is 15.9 Å². The lowest BCUT2D eigenvalue weighted by Crippen LogP contribution is -2.46. The smallest absolute Gasteiger partial charge is 0.326 e. The molecular formula is C14H19BrN2O3.